The third kappa shape index (κ3) is 3.93. The third-order valence-electron chi connectivity index (χ3n) is 6.04. The summed E-state index contributed by atoms with van der Waals surface area (Å²) >= 11 is 0. The first kappa shape index (κ1) is 21.1. The number of aromatic nitrogens is 6. The van der Waals surface area contributed by atoms with E-state index in [1.807, 2.05) is 44.0 Å². The maximum Gasteiger partial charge on any atom is 0.162 e. The molecule has 33 heavy (non-hydrogen) atoms. The zero-order valence-corrected chi connectivity index (χ0v) is 19.7. The average molecular weight is 437 g/mol. The molecule has 166 valence electrons. The second kappa shape index (κ2) is 8.28. The van der Waals surface area contributed by atoms with E-state index < -0.39 is 0 Å². The largest absolute Gasteiger partial charge is 0.334 e. The number of hydrogen-bond acceptors (Lipinski definition) is 4. The second-order valence-corrected chi connectivity index (χ2v) is 8.93. The summed E-state index contributed by atoms with van der Waals surface area (Å²) in [5, 5.41) is 5.76. The summed E-state index contributed by atoms with van der Waals surface area (Å²) in [6, 6.07) is 16.9. The number of imidazole rings is 1. The van der Waals surface area contributed by atoms with E-state index in [9.17, 15) is 0 Å². The molecule has 0 fully saturated rings. The van der Waals surface area contributed by atoms with E-state index in [0.29, 0.717) is 12.5 Å². The fourth-order valence-corrected chi connectivity index (χ4v) is 4.37. The summed E-state index contributed by atoms with van der Waals surface area (Å²) in [4.78, 5) is 14.3. The van der Waals surface area contributed by atoms with Gasteiger partial charge in [-0.2, -0.15) is 5.10 Å². The molecule has 6 nitrogen and oxygen atoms in total. The number of hydrogen-bond donors (Lipinski definition) is 0. The minimum atomic E-state index is 0.396. The summed E-state index contributed by atoms with van der Waals surface area (Å²) in [7, 11) is 2.02. The average Bonchev–Trinajstić information content (AvgIpc) is 3.31. The summed E-state index contributed by atoms with van der Waals surface area (Å²) in [5.74, 6) is 2.11. The molecular weight excluding hydrogens is 408 g/mol. The van der Waals surface area contributed by atoms with Gasteiger partial charge in [0.2, 0.25) is 0 Å². The number of fused-ring (bicyclic) bond motifs is 1. The van der Waals surface area contributed by atoms with Crippen molar-refractivity contribution in [3.63, 3.8) is 0 Å². The van der Waals surface area contributed by atoms with E-state index in [1.54, 1.807) is 0 Å². The van der Waals surface area contributed by atoms with Crippen LogP contribution in [0.1, 0.15) is 42.3 Å². The molecule has 0 amide bonds. The topological polar surface area (TPSA) is 61.4 Å². The fraction of sp³-hybridized carbons (Fsp3) is 0.259. The highest BCUT2D eigenvalue weighted by atomic mass is 15.3. The van der Waals surface area contributed by atoms with Crippen LogP contribution in [0.15, 0.2) is 60.9 Å². The number of benzene rings is 2. The monoisotopic (exact) mass is 436 g/mol. The van der Waals surface area contributed by atoms with Gasteiger partial charge in [0, 0.05) is 30.6 Å². The Morgan fingerprint density at radius 3 is 2.39 bits per heavy atom. The maximum absolute atomic E-state index is 4.96. The number of nitrogens with zero attached hydrogens (tertiary/aromatic N) is 6. The summed E-state index contributed by atoms with van der Waals surface area (Å²) in [6.07, 6.45) is 3.94. The van der Waals surface area contributed by atoms with E-state index in [4.69, 9.17) is 10.1 Å². The Morgan fingerprint density at radius 1 is 0.939 bits per heavy atom. The zero-order valence-electron chi connectivity index (χ0n) is 19.7. The van der Waals surface area contributed by atoms with Crippen LogP contribution in [0.2, 0.25) is 0 Å². The van der Waals surface area contributed by atoms with Crippen molar-refractivity contribution in [1.29, 1.82) is 0 Å². The van der Waals surface area contributed by atoms with Gasteiger partial charge in [0.05, 0.1) is 23.3 Å². The van der Waals surface area contributed by atoms with E-state index >= 15 is 0 Å². The van der Waals surface area contributed by atoms with Crippen LogP contribution in [0.25, 0.3) is 33.8 Å². The van der Waals surface area contributed by atoms with Crippen LogP contribution >= 0.6 is 0 Å². The lowest BCUT2D eigenvalue weighted by atomic mass is 9.97. The Morgan fingerprint density at radius 2 is 1.70 bits per heavy atom. The van der Waals surface area contributed by atoms with Crippen molar-refractivity contribution in [2.24, 2.45) is 7.05 Å². The Kier molecular flexibility index (Phi) is 5.29. The van der Waals surface area contributed by atoms with E-state index in [-0.39, 0.29) is 0 Å². The molecule has 5 aromatic rings. The highest BCUT2D eigenvalue weighted by Crippen LogP contribution is 2.28. The lowest BCUT2D eigenvalue weighted by Crippen LogP contribution is -2.04. The number of aryl methyl sites for hydroxylation is 3. The minimum absolute atomic E-state index is 0.396. The molecule has 2 aromatic carbocycles. The Balaban J connectivity index is 1.50. The summed E-state index contributed by atoms with van der Waals surface area (Å²) < 4.78 is 4.04. The van der Waals surface area contributed by atoms with Gasteiger partial charge in [-0.15, -0.1) is 0 Å². The molecule has 0 atom stereocenters. The smallest absolute Gasteiger partial charge is 0.162 e. The highest BCUT2D eigenvalue weighted by Gasteiger charge is 2.15. The van der Waals surface area contributed by atoms with Crippen LogP contribution in [-0.4, -0.2) is 29.3 Å². The predicted molar refractivity (Wildman–Crippen MR) is 132 cm³/mol. The lowest BCUT2D eigenvalue weighted by molar-refractivity contribution is 0.696. The van der Waals surface area contributed by atoms with Gasteiger partial charge in [-0.3, -0.25) is 0 Å². The van der Waals surface area contributed by atoms with Gasteiger partial charge in [-0.1, -0.05) is 62.4 Å². The quantitative estimate of drug-likeness (QED) is 0.355. The van der Waals surface area contributed by atoms with Crippen molar-refractivity contribution >= 4 is 11.0 Å². The van der Waals surface area contributed by atoms with Gasteiger partial charge < -0.3 is 4.57 Å². The first-order valence-electron chi connectivity index (χ1n) is 11.3. The molecule has 0 aliphatic carbocycles. The van der Waals surface area contributed by atoms with Crippen LogP contribution in [0.3, 0.4) is 0 Å². The van der Waals surface area contributed by atoms with Gasteiger partial charge in [0.15, 0.2) is 11.5 Å². The van der Waals surface area contributed by atoms with Crippen LogP contribution in [0.5, 0.6) is 0 Å². The minimum Gasteiger partial charge on any atom is -0.334 e. The first-order chi connectivity index (χ1) is 15.9. The van der Waals surface area contributed by atoms with Crippen LogP contribution in [0, 0.1) is 13.8 Å². The summed E-state index contributed by atoms with van der Waals surface area (Å²) in [6.45, 7) is 9.06. The Labute approximate surface area is 194 Å². The third-order valence-corrected chi connectivity index (χ3v) is 6.04. The standard InChI is InChI=1S/C27H28N6/c1-17(2)22-8-6-7-9-23(22)25-28-14-24-19(4)31-33(27(24)30-25)16-20-10-12-21(13-11-20)26-29-18(3)15-32(26)5/h6-15,17H,16H2,1-5H3. The fourth-order valence-electron chi connectivity index (χ4n) is 4.37. The molecule has 3 heterocycles. The van der Waals surface area contributed by atoms with Crippen molar-refractivity contribution < 1.29 is 0 Å². The summed E-state index contributed by atoms with van der Waals surface area (Å²) in [5.41, 5.74) is 7.41. The Bertz CT molecular complexity index is 1440. The predicted octanol–water partition coefficient (Wildman–Crippen LogP) is 5.68. The molecule has 0 spiro atoms. The number of rotatable bonds is 5. The lowest BCUT2D eigenvalue weighted by Gasteiger charge is -2.11. The molecule has 0 saturated heterocycles. The van der Waals surface area contributed by atoms with Gasteiger partial charge in [-0.05, 0) is 30.9 Å². The molecule has 0 radical (unpaired) electrons. The van der Waals surface area contributed by atoms with Gasteiger partial charge >= 0.3 is 0 Å². The van der Waals surface area contributed by atoms with Crippen molar-refractivity contribution in [3.05, 3.63) is 83.4 Å². The molecule has 0 aliphatic rings. The van der Waals surface area contributed by atoms with Crippen molar-refractivity contribution in [3.8, 4) is 22.8 Å². The van der Waals surface area contributed by atoms with Crippen LogP contribution in [-0.2, 0) is 13.6 Å². The molecule has 0 unspecified atom stereocenters. The zero-order chi connectivity index (χ0) is 23.1. The second-order valence-electron chi connectivity index (χ2n) is 8.93. The van der Waals surface area contributed by atoms with E-state index in [0.717, 1.165) is 50.8 Å². The van der Waals surface area contributed by atoms with Crippen molar-refractivity contribution in [2.45, 2.75) is 40.2 Å². The SMILES string of the molecule is Cc1cn(C)c(-c2ccc(Cn3nc(C)c4cnc(-c5ccccc5C(C)C)nc43)cc2)n1. The Hall–Kier alpha value is -3.80. The molecule has 3 aromatic heterocycles. The first-order valence-corrected chi connectivity index (χ1v) is 11.3. The van der Waals surface area contributed by atoms with E-state index in [1.165, 1.54) is 5.56 Å². The van der Waals surface area contributed by atoms with Crippen LogP contribution in [0.4, 0.5) is 0 Å². The molecular formula is C27H28N6. The van der Waals surface area contributed by atoms with Gasteiger partial charge in [-0.25, -0.2) is 19.6 Å². The molecule has 0 aliphatic heterocycles. The molecule has 5 rings (SSSR count). The van der Waals surface area contributed by atoms with Gasteiger partial charge in [0.1, 0.15) is 5.82 Å². The molecule has 0 bridgehead atoms. The van der Waals surface area contributed by atoms with Crippen LogP contribution < -0.4 is 0 Å². The van der Waals surface area contributed by atoms with Crippen molar-refractivity contribution in [2.75, 3.05) is 0 Å². The molecule has 0 saturated carbocycles. The highest BCUT2D eigenvalue weighted by molar-refractivity contribution is 5.79. The normalized spacial score (nSPS) is 11.6. The van der Waals surface area contributed by atoms with Crippen molar-refractivity contribution in [1.82, 2.24) is 29.3 Å². The maximum atomic E-state index is 4.96. The van der Waals surface area contributed by atoms with E-state index in [2.05, 4.69) is 70.8 Å². The van der Waals surface area contributed by atoms with Gasteiger partial charge in [0.25, 0.3) is 0 Å². The molecule has 0 N–H and O–H groups in total. The molecule has 6 heteroatoms.